The highest BCUT2D eigenvalue weighted by Crippen LogP contribution is 2.19. The third-order valence-corrected chi connectivity index (χ3v) is 5.48. The minimum atomic E-state index is 0.0529. The van der Waals surface area contributed by atoms with Crippen LogP contribution in [0.1, 0.15) is 28.8 Å². The Morgan fingerprint density at radius 2 is 2.07 bits per heavy atom. The summed E-state index contributed by atoms with van der Waals surface area (Å²) in [5.74, 6) is 0.0529. The van der Waals surface area contributed by atoms with E-state index in [9.17, 15) is 4.79 Å². The van der Waals surface area contributed by atoms with Gasteiger partial charge in [0, 0.05) is 57.4 Å². The van der Waals surface area contributed by atoms with Crippen molar-refractivity contribution >= 4 is 17.3 Å². The van der Waals surface area contributed by atoms with Gasteiger partial charge in [-0.15, -0.1) is 0 Å². The number of hydrogen-bond donors (Lipinski definition) is 1. The molecule has 0 bridgehead atoms. The molecule has 2 saturated heterocycles. The molecule has 0 radical (unpaired) electrons. The van der Waals surface area contributed by atoms with Gasteiger partial charge >= 0.3 is 0 Å². The highest BCUT2D eigenvalue weighted by Gasteiger charge is 2.23. The molecule has 1 aromatic heterocycles. The molecule has 28 heavy (non-hydrogen) atoms. The molecule has 0 aliphatic carbocycles. The largest absolute Gasteiger partial charge is 0.381 e. The molecule has 6 nitrogen and oxygen atoms in total. The number of carbonyl (C=O) groups excluding carboxylic acids is 1. The summed E-state index contributed by atoms with van der Waals surface area (Å²) in [4.78, 5) is 21.4. The van der Waals surface area contributed by atoms with Crippen molar-refractivity contribution in [2.75, 3.05) is 49.5 Å². The van der Waals surface area contributed by atoms with E-state index < -0.39 is 0 Å². The van der Waals surface area contributed by atoms with E-state index in [2.05, 4.69) is 46.4 Å². The Balaban J connectivity index is 1.34. The lowest BCUT2D eigenvalue weighted by Gasteiger charge is -2.36. The Labute approximate surface area is 166 Å². The number of nitrogens with zero attached hydrogens (tertiary/aromatic N) is 3. The topological polar surface area (TPSA) is 57.7 Å². The van der Waals surface area contributed by atoms with Crippen molar-refractivity contribution in [2.24, 2.45) is 0 Å². The summed E-state index contributed by atoms with van der Waals surface area (Å²) < 4.78 is 5.64. The van der Waals surface area contributed by atoms with Gasteiger partial charge in [-0.05, 0) is 43.5 Å². The number of aryl methyl sites for hydroxylation is 1. The number of nitrogens with one attached hydrogen (secondary N) is 1. The third kappa shape index (κ3) is 4.44. The maximum atomic E-state index is 12.9. The summed E-state index contributed by atoms with van der Waals surface area (Å²) in [7, 11) is 0. The fraction of sp³-hybridized carbons (Fsp3) is 0.455. The number of piperazine rings is 1. The predicted molar refractivity (Wildman–Crippen MR) is 111 cm³/mol. The van der Waals surface area contributed by atoms with E-state index in [0.29, 0.717) is 5.56 Å². The van der Waals surface area contributed by atoms with Crippen LogP contribution in [0.5, 0.6) is 0 Å². The normalized spacial score (nSPS) is 19.7. The molecule has 2 aromatic rings. The van der Waals surface area contributed by atoms with Crippen LogP contribution in [0.15, 0.2) is 42.7 Å². The van der Waals surface area contributed by atoms with Gasteiger partial charge in [0.1, 0.15) is 0 Å². The van der Waals surface area contributed by atoms with Gasteiger partial charge in [-0.25, -0.2) is 0 Å². The van der Waals surface area contributed by atoms with Gasteiger partial charge in [0.15, 0.2) is 0 Å². The summed E-state index contributed by atoms with van der Waals surface area (Å²) in [6.45, 7) is 6.85. The van der Waals surface area contributed by atoms with E-state index in [4.69, 9.17) is 4.74 Å². The third-order valence-electron chi connectivity index (χ3n) is 5.48. The molecule has 0 saturated carbocycles. The van der Waals surface area contributed by atoms with Crippen LogP contribution in [0.2, 0.25) is 0 Å². The molecule has 4 rings (SSSR count). The number of ether oxygens (including phenoxy) is 1. The van der Waals surface area contributed by atoms with Gasteiger partial charge < -0.3 is 19.9 Å². The van der Waals surface area contributed by atoms with Gasteiger partial charge in [0.05, 0.1) is 17.4 Å². The molecule has 3 heterocycles. The molecule has 2 aliphatic rings. The first kappa shape index (κ1) is 18.7. The molecular weight excluding hydrogens is 352 g/mol. The smallest absolute Gasteiger partial charge is 0.255 e. The van der Waals surface area contributed by atoms with Gasteiger partial charge in [0.25, 0.3) is 5.91 Å². The summed E-state index contributed by atoms with van der Waals surface area (Å²) in [5, 5.41) is 3.35. The Morgan fingerprint density at radius 3 is 2.82 bits per heavy atom. The van der Waals surface area contributed by atoms with Gasteiger partial charge in [-0.1, -0.05) is 12.1 Å². The lowest BCUT2D eigenvalue weighted by Crippen LogP contribution is -2.48. The zero-order chi connectivity index (χ0) is 19.3. The molecule has 2 fully saturated rings. The number of hydrogen-bond acceptors (Lipinski definition) is 5. The first-order valence-electron chi connectivity index (χ1n) is 10.1. The van der Waals surface area contributed by atoms with Crippen LogP contribution < -0.4 is 10.2 Å². The Kier molecular flexibility index (Phi) is 5.76. The van der Waals surface area contributed by atoms with E-state index in [1.165, 1.54) is 11.3 Å². The minimum Gasteiger partial charge on any atom is -0.381 e. The van der Waals surface area contributed by atoms with Crippen molar-refractivity contribution in [2.45, 2.75) is 25.9 Å². The summed E-state index contributed by atoms with van der Waals surface area (Å²) >= 11 is 0. The van der Waals surface area contributed by atoms with Crippen LogP contribution >= 0.6 is 0 Å². The van der Waals surface area contributed by atoms with Crippen molar-refractivity contribution in [1.29, 1.82) is 0 Å². The number of aromatic nitrogens is 1. The van der Waals surface area contributed by atoms with E-state index in [-0.39, 0.29) is 12.0 Å². The van der Waals surface area contributed by atoms with Crippen molar-refractivity contribution in [3.05, 3.63) is 53.9 Å². The number of rotatable bonds is 5. The maximum absolute atomic E-state index is 12.9. The zero-order valence-corrected chi connectivity index (χ0v) is 16.4. The Hall–Kier alpha value is -2.60. The molecule has 0 spiro atoms. The quantitative estimate of drug-likeness (QED) is 0.864. The minimum absolute atomic E-state index is 0.0529. The van der Waals surface area contributed by atoms with E-state index >= 15 is 0 Å². The monoisotopic (exact) mass is 380 g/mol. The summed E-state index contributed by atoms with van der Waals surface area (Å²) in [5.41, 5.74) is 4.00. The number of amides is 1. The molecule has 1 aromatic carbocycles. The average Bonchev–Trinajstić information content (AvgIpc) is 3.26. The number of benzene rings is 1. The molecule has 2 aliphatic heterocycles. The number of anilines is 2. The molecule has 1 N–H and O–H groups in total. The van der Waals surface area contributed by atoms with Crippen LogP contribution in [0.25, 0.3) is 0 Å². The van der Waals surface area contributed by atoms with Gasteiger partial charge in [-0.3, -0.25) is 9.78 Å². The highest BCUT2D eigenvalue weighted by atomic mass is 16.5. The van der Waals surface area contributed by atoms with Crippen molar-refractivity contribution < 1.29 is 9.53 Å². The second-order valence-electron chi connectivity index (χ2n) is 7.60. The van der Waals surface area contributed by atoms with Crippen molar-refractivity contribution in [1.82, 2.24) is 9.88 Å². The average molecular weight is 380 g/mol. The highest BCUT2D eigenvalue weighted by molar-refractivity contribution is 5.95. The lowest BCUT2D eigenvalue weighted by molar-refractivity contribution is 0.0746. The van der Waals surface area contributed by atoms with Crippen LogP contribution in [0.3, 0.4) is 0 Å². The number of carbonyl (C=O) groups is 1. The first-order valence-corrected chi connectivity index (χ1v) is 10.1. The molecule has 1 atom stereocenters. The second kappa shape index (κ2) is 8.61. The predicted octanol–water partition coefficient (Wildman–Crippen LogP) is 2.94. The fourth-order valence-electron chi connectivity index (χ4n) is 3.87. The van der Waals surface area contributed by atoms with Crippen molar-refractivity contribution in [3.63, 3.8) is 0 Å². The fourth-order valence-corrected chi connectivity index (χ4v) is 3.87. The molecular formula is C22H28N4O2. The Bertz CT molecular complexity index is 812. The maximum Gasteiger partial charge on any atom is 0.255 e. The molecule has 1 amide bonds. The molecule has 6 heteroatoms. The van der Waals surface area contributed by atoms with E-state index in [1.807, 2.05) is 11.0 Å². The van der Waals surface area contributed by atoms with Gasteiger partial charge in [0.2, 0.25) is 0 Å². The van der Waals surface area contributed by atoms with E-state index in [0.717, 1.165) is 57.9 Å². The molecule has 1 unspecified atom stereocenters. The summed E-state index contributed by atoms with van der Waals surface area (Å²) in [6, 6.07) is 10.4. The van der Waals surface area contributed by atoms with Gasteiger partial charge in [-0.2, -0.15) is 0 Å². The van der Waals surface area contributed by atoms with Crippen LogP contribution in [-0.4, -0.2) is 61.2 Å². The van der Waals surface area contributed by atoms with Crippen LogP contribution in [-0.2, 0) is 4.74 Å². The van der Waals surface area contributed by atoms with Crippen molar-refractivity contribution in [3.8, 4) is 0 Å². The Morgan fingerprint density at radius 1 is 1.21 bits per heavy atom. The second-order valence-corrected chi connectivity index (χ2v) is 7.60. The van der Waals surface area contributed by atoms with Crippen LogP contribution in [0, 0.1) is 6.92 Å². The first-order chi connectivity index (χ1) is 13.7. The summed E-state index contributed by atoms with van der Waals surface area (Å²) in [6.07, 6.45) is 5.89. The lowest BCUT2D eigenvalue weighted by atomic mass is 10.1. The van der Waals surface area contributed by atoms with E-state index in [1.54, 1.807) is 12.4 Å². The standard InChI is InChI=1S/C22H28N4O2/c1-17-4-2-5-20(12-17)25-7-9-26(10-8-25)22(27)18-13-19(15-23-14-18)24-16-21-6-3-11-28-21/h2,4-5,12-15,21,24H,3,6-11,16H2,1H3. The SMILES string of the molecule is Cc1cccc(N2CCN(C(=O)c3cncc(NCC4CCCO4)c3)CC2)c1. The zero-order valence-electron chi connectivity index (χ0n) is 16.4. The van der Waals surface area contributed by atoms with Crippen LogP contribution in [0.4, 0.5) is 11.4 Å². The molecule has 148 valence electrons. The number of pyridine rings is 1.